The number of rotatable bonds is 6. The van der Waals surface area contributed by atoms with E-state index in [1.54, 1.807) is 6.26 Å². The molecule has 0 saturated carbocycles. The summed E-state index contributed by atoms with van der Waals surface area (Å²) in [7, 11) is 0. The molecule has 26 heavy (non-hydrogen) atoms. The minimum absolute atomic E-state index is 0.000106. The van der Waals surface area contributed by atoms with Crippen molar-refractivity contribution in [2.45, 2.75) is 19.4 Å². The number of furan rings is 1. The molecule has 134 valence electrons. The second-order valence-electron chi connectivity index (χ2n) is 6.26. The molecule has 4 rings (SSSR count). The zero-order valence-electron chi connectivity index (χ0n) is 14.3. The number of anilines is 1. The molecule has 3 heterocycles. The van der Waals surface area contributed by atoms with Gasteiger partial charge in [-0.1, -0.05) is 41.7 Å². The van der Waals surface area contributed by atoms with Crippen LogP contribution in [0.1, 0.15) is 28.1 Å². The minimum atomic E-state index is -0.000106. The van der Waals surface area contributed by atoms with E-state index in [1.807, 2.05) is 30.3 Å². The summed E-state index contributed by atoms with van der Waals surface area (Å²) in [5, 5.41) is 4.06. The maximum atomic E-state index is 13.0. The molecule has 0 radical (unpaired) electrons. The first kappa shape index (κ1) is 17.0. The molecule has 1 aromatic carbocycles. The van der Waals surface area contributed by atoms with Crippen molar-refractivity contribution >= 4 is 22.3 Å². The van der Waals surface area contributed by atoms with Crippen LogP contribution < -0.4 is 5.32 Å². The fraction of sp³-hybridized carbons (Fsp3) is 0.300. The lowest BCUT2D eigenvalue weighted by molar-refractivity contribution is 0.0547. The van der Waals surface area contributed by atoms with Gasteiger partial charge >= 0.3 is 0 Å². The van der Waals surface area contributed by atoms with Crippen LogP contribution in [0.3, 0.4) is 0 Å². The van der Waals surface area contributed by atoms with E-state index in [-0.39, 0.29) is 11.7 Å². The second kappa shape index (κ2) is 7.85. The lowest BCUT2D eigenvalue weighted by Gasteiger charge is -2.20. The molecule has 0 aliphatic carbocycles. The van der Waals surface area contributed by atoms with Crippen LogP contribution in [0.2, 0.25) is 0 Å². The largest absolute Gasteiger partial charge is 0.463 e. The molecule has 1 aliphatic rings. The summed E-state index contributed by atoms with van der Waals surface area (Å²) < 4.78 is 10.9. The number of thiazole rings is 1. The number of aromatic nitrogens is 1. The Bertz CT molecular complexity index is 853. The van der Waals surface area contributed by atoms with Gasteiger partial charge in [0.1, 0.15) is 10.6 Å². The van der Waals surface area contributed by atoms with E-state index in [2.05, 4.69) is 22.4 Å². The van der Waals surface area contributed by atoms with Crippen LogP contribution >= 0.6 is 11.3 Å². The predicted octanol–water partition coefficient (Wildman–Crippen LogP) is 4.62. The average Bonchev–Trinajstić information content (AvgIpc) is 3.37. The van der Waals surface area contributed by atoms with Crippen LogP contribution in [0.5, 0.6) is 0 Å². The lowest BCUT2D eigenvalue weighted by Crippen LogP contribution is -2.23. The van der Waals surface area contributed by atoms with E-state index < -0.39 is 0 Å². The van der Waals surface area contributed by atoms with Crippen molar-refractivity contribution in [3.63, 3.8) is 0 Å². The monoisotopic (exact) mass is 368 g/mol. The van der Waals surface area contributed by atoms with E-state index in [0.717, 1.165) is 18.0 Å². The summed E-state index contributed by atoms with van der Waals surface area (Å²) in [6, 6.07) is 13.8. The summed E-state index contributed by atoms with van der Waals surface area (Å²) in [6.07, 6.45) is 3.14. The number of Topliss-reactive ketones (excluding diaryl/α,β-unsaturated/α-hetero) is 1. The van der Waals surface area contributed by atoms with Gasteiger partial charge in [-0.3, -0.25) is 4.79 Å². The molecule has 1 aliphatic heterocycles. The zero-order valence-corrected chi connectivity index (χ0v) is 15.1. The van der Waals surface area contributed by atoms with E-state index in [9.17, 15) is 4.79 Å². The molecule has 0 unspecified atom stereocenters. The first-order valence-electron chi connectivity index (χ1n) is 8.76. The summed E-state index contributed by atoms with van der Waals surface area (Å²) in [4.78, 5) is 18.4. The van der Waals surface area contributed by atoms with E-state index in [0.29, 0.717) is 36.1 Å². The Balaban J connectivity index is 1.59. The Hall–Kier alpha value is -2.44. The van der Waals surface area contributed by atoms with Gasteiger partial charge in [0.05, 0.1) is 6.26 Å². The Labute approximate surface area is 156 Å². The van der Waals surface area contributed by atoms with Crippen molar-refractivity contribution in [1.82, 2.24) is 4.98 Å². The molecule has 0 bridgehead atoms. The normalized spacial score (nSPS) is 15.1. The van der Waals surface area contributed by atoms with Crippen molar-refractivity contribution < 1.29 is 13.9 Å². The van der Waals surface area contributed by atoms with Gasteiger partial charge in [0.25, 0.3) is 0 Å². The summed E-state index contributed by atoms with van der Waals surface area (Å²) in [5.74, 6) is 0.772. The molecule has 6 heteroatoms. The van der Waals surface area contributed by atoms with Gasteiger partial charge < -0.3 is 14.5 Å². The molecule has 2 aromatic heterocycles. The topological polar surface area (TPSA) is 64.4 Å². The number of benzene rings is 1. The quantitative estimate of drug-likeness (QED) is 0.643. The van der Waals surface area contributed by atoms with Gasteiger partial charge in [0, 0.05) is 25.7 Å². The van der Waals surface area contributed by atoms with Crippen LogP contribution in [-0.2, 0) is 11.3 Å². The predicted molar refractivity (Wildman–Crippen MR) is 101 cm³/mol. The molecular formula is C20H20N2O3S. The Kier molecular flexibility index (Phi) is 5.13. The van der Waals surface area contributed by atoms with Crippen LogP contribution in [0, 0.1) is 5.92 Å². The standard InChI is InChI=1S/C20H20N2O3S/c23-18(15-8-11-24-12-9-15)19-17(16-7-4-10-25-16)22-20(26-19)21-13-14-5-2-1-3-6-14/h1-7,10,15H,8-9,11-13H2,(H,21,22). The van der Waals surface area contributed by atoms with Gasteiger partial charge in [0.2, 0.25) is 0 Å². The highest BCUT2D eigenvalue weighted by Gasteiger charge is 2.28. The average molecular weight is 368 g/mol. The van der Waals surface area contributed by atoms with Gasteiger partial charge in [-0.05, 0) is 30.5 Å². The first-order valence-corrected chi connectivity index (χ1v) is 9.57. The van der Waals surface area contributed by atoms with Gasteiger partial charge in [0.15, 0.2) is 16.7 Å². The smallest absolute Gasteiger partial charge is 0.184 e. The summed E-state index contributed by atoms with van der Waals surface area (Å²) >= 11 is 1.41. The van der Waals surface area contributed by atoms with Gasteiger partial charge in [-0.2, -0.15) is 0 Å². The Morgan fingerprint density at radius 3 is 2.69 bits per heavy atom. The van der Waals surface area contributed by atoms with Gasteiger partial charge in [-0.25, -0.2) is 4.98 Å². The van der Waals surface area contributed by atoms with Crippen molar-refractivity contribution in [2.75, 3.05) is 18.5 Å². The Morgan fingerprint density at radius 1 is 1.15 bits per heavy atom. The number of hydrogen-bond acceptors (Lipinski definition) is 6. The minimum Gasteiger partial charge on any atom is -0.463 e. The first-order chi connectivity index (χ1) is 12.8. The number of hydrogen-bond donors (Lipinski definition) is 1. The van der Waals surface area contributed by atoms with Gasteiger partial charge in [-0.15, -0.1) is 0 Å². The SMILES string of the molecule is O=C(c1sc(NCc2ccccc2)nc1-c1ccco1)C1CCOCC1. The van der Waals surface area contributed by atoms with Crippen LogP contribution in [-0.4, -0.2) is 24.0 Å². The van der Waals surface area contributed by atoms with Crippen molar-refractivity contribution in [3.05, 3.63) is 59.2 Å². The highest BCUT2D eigenvalue weighted by atomic mass is 32.1. The number of carbonyl (C=O) groups excluding carboxylic acids is 1. The van der Waals surface area contributed by atoms with Crippen molar-refractivity contribution in [1.29, 1.82) is 0 Å². The maximum absolute atomic E-state index is 13.0. The molecule has 0 amide bonds. The molecule has 0 spiro atoms. The number of carbonyl (C=O) groups is 1. The molecule has 3 aromatic rings. The lowest BCUT2D eigenvalue weighted by atomic mass is 9.94. The Morgan fingerprint density at radius 2 is 1.96 bits per heavy atom. The van der Waals surface area contributed by atoms with E-state index in [4.69, 9.17) is 9.15 Å². The molecule has 1 N–H and O–H groups in total. The third kappa shape index (κ3) is 3.71. The highest BCUT2D eigenvalue weighted by molar-refractivity contribution is 7.18. The van der Waals surface area contributed by atoms with E-state index >= 15 is 0 Å². The molecule has 5 nitrogen and oxygen atoms in total. The summed E-state index contributed by atoms with van der Waals surface area (Å²) in [5.41, 5.74) is 1.80. The number of ketones is 1. The molecule has 0 atom stereocenters. The molecular weight excluding hydrogens is 348 g/mol. The zero-order chi connectivity index (χ0) is 17.8. The van der Waals surface area contributed by atoms with Crippen molar-refractivity contribution in [3.8, 4) is 11.5 Å². The van der Waals surface area contributed by atoms with Crippen LogP contribution in [0.4, 0.5) is 5.13 Å². The number of ether oxygens (including phenoxy) is 1. The highest BCUT2D eigenvalue weighted by Crippen LogP contribution is 2.35. The van der Waals surface area contributed by atoms with Crippen LogP contribution in [0.15, 0.2) is 53.1 Å². The second-order valence-corrected chi connectivity index (χ2v) is 7.26. The molecule has 1 saturated heterocycles. The maximum Gasteiger partial charge on any atom is 0.184 e. The third-order valence-corrected chi connectivity index (χ3v) is 5.51. The van der Waals surface area contributed by atoms with E-state index in [1.165, 1.54) is 16.9 Å². The summed E-state index contributed by atoms with van der Waals surface area (Å²) in [6.45, 7) is 1.95. The number of nitrogens with one attached hydrogen (secondary N) is 1. The van der Waals surface area contributed by atoms with Crippen molar-refractivity contribution in [2.24, 2.45) is 5.92 Å². The van der Waals surface area contributed by atoms with Crippen LogP contribution in [0.25, 0.3) is 11.5 Å². The number of nitrogens with zero attached hydrogens (tertiary/aromatic N) is 1. The third-order valence-electron chi connectivity index (χ3n) is 4.48. The fourth-order valence-corrected chi connectivity index (χ4v) is 4.05. The molecule has 1 fully saturated rings. The fourth-order valence-electron chi connectivity index (χ4n) is 3.06.